The van der Waals surface area contributed by atoms with E-state index >= 15 is 4.39 Å². The second-order valence-electron chi connectivity index (χ2n) is 13.5. The third kappa shape index (κ3) is 7.56. The molecular formula is C35H45ClFN7O3. The van der Waals surface area contributed by atoms with Crippen LogP contribution in [0.1, 0.15) is 91.1 Å². The second-order valence-corrected chi connectivity index (χ2v) is 13.9. The number of rotatable bonds is 7. The van der Waals surface area contributed by atoms with Crippen molar-refractivity contribution in [1.82, 2.24) is 24.8 Å². The molecule has 47 heavy (non-hydrogen) atoms. The van der Waals surface area contributed by atoms with Crippen LogP contribution in [0, 0.1) is 5.82 Å². The van der Waals surface area contributed by atoms with E-state index in [1.54, 1.807) is 36.2 Å². The number of pyridine rings is 1. The van der Waals surface area contributed by atoms with E-state index in [9.17, 15) is 9.59 Å². The first kappa shape index (κ1) is 35.7. The molecule has 0 bridgehead atoms. The number of piperazine rings is 1. The number of nitrogens with zero attached hydrogens (tertiary/aromatic N) is 7. The smallest absolute Gasteiger partial charge is 0.410 e. The van der Waals surface area contributed by atoms with Gasteiger partial charge >= 0.3 is 6.09 Å². The van der Waals surface area contributed by atoms with E-state index < -0.39 is 11.4 Å². The fourth-order valence-corrected chi connectivity index (χ4v) is 6.22. The number of benzene rings is 1. The lowest BCUT2D eigenvalue weighted by molar-refractivity contribution is -0.106. The summed E-state index contributed by atoms with van der Waals surface area (Å²) in [5, 5.41) is 0.186. The molecule has 0 radical (unpaired) electrons. The molecule has 4 rings (SSSR count). The Hall–Kier alpha value is -4.12. The minimum absolute atomic E-state index is 0.0602. The highest BCUT2D eigenvalue weighted by Crippen LogP contribution is 2.40. The molecular weight excluding hydrogens is 621 g/mol. The van der Waals surface area contributed by atoms with E-state index in [2.05, 4.69) is 14.9 Å². The molecule has 0 N–H and O–H groups in total. The third-order valence-electron chi connectivity index (χ3n) is 7.90. The van der Waals surface area contributed by atoms with Crippen molar-refractivity contribution in [2.24, 2.45) is 4.99 Å². The van der Waals surface area contributed by atoms with Gasteiger partial charge in [0.05, 0.1) is 33.4 Å². The van der Waals surface area contributed by atoms with Gasteiger partial charge in [0.25, 0.3) is 0 Å². The minimum Gasteiger partial charge on any atom is -0.444 e. The summed E-state index contributed by atoms with van der Waals surface area (Å²) < 4.78 is 20.8. The number of carbonyl (C=O) groups excluding carboxylic acids is 2. The molecule has 0 saturated carbocycles. The number of hydrogen-bond acceptors (Lipinski definition) is 7. The molecule has 0 aliphatic carbocycles. The van der Waals surface area contributed by atoms with Crippen LogP contribution in [-0.4, -0.2) is 80.9 Å². The summed E-state index contributed by atoms with van der Waals surface area (Å²) in [4.78, 5) is 50.3. The zero-order valence-corrected chi connectivity index (χ0v) is 29.6. The van der Waals surface area contributed by atoms with Crippen LogP contribution in [0.2, 0.25) is 5.02 Å². The average molecular weight is 666 g/mol. The predicted octanol–water partition coefficient (Wildman–Crippen LogP) is 7.58. The van der Waals surface area contributed by atoms with Crippen molar-refractivity contribution in [1.29, 1.82) is 0 Å². The summed E-state index contributed by atoms with van der Waals surface area (Å²) in [6.45, 7) is 18.2. The van der Waals surface area contributed by atoms with Crippen molar-refractivity contribution in [3.8, 4) is 11.3 Å². The van der Waals surface area contributed by atoms with Crippen LogP contribution in [0.5, 0.6) is 0 Å². The number of halogens is 2. The number of carbonyl (C=O) groups is 2. The maximum atomic E-state index is 15.2. The summed E-state index contributed by atoms with van der Waals surface area (Å²) in [7, 11) is 1.66. The highest BCUT2D eigenvalue weighted by atomic mass is 35.5. The Labute approximate surface area is 282 Å². The largest absolute Gasteiger partial charge is 0.444 e. The minimum atomic E-state index is -0.628. The summed E-state index contributed by atoms with van der Waals surface area (Å²) in [6, 6.07) is 7.49. The van der Waals surface area contributed by atoms with Crippen LogP contribution in [-0.2, 0) is 9.53 Å². The average Bonchev–Trinajstić information content (AvgIpc) is 2.99. The van der Waals surface area contributed by atoms with Crippen molar-refractivity contribution in [2.45, 2.75) is 91.8 Å². The fourth-order valence-electron chi connectivity index (χ4n) is 5.97. The highest BCUT2D eigenvalue weighted by molar-refractivity contribution is 6.33. The van der Waals surface area contributed by atoms with E-state index in [1.807, 2.05) is 62.3 Å². The summed E-state index contributed by atoms with van der Waals surface area (Å²) in [5.74, 6) is 0.0945. The van der Waals surface area contributed by atoms with Crippen LogP contribution in [0.4, 0.5) is 20.7 Å². The van der Waals surface area contributed by atoms with Gasteiger partial charge in [-0.05, 0) is 64.7 Å². The number of aliphatic imine (C=N–C) groups is 1. The van der Waals surface area contributed by atoms with Gasteiger partial charge in [-0.3, -0.25) is 14.7 Å². The van der Waals surface area contributed by atoms with E-state index in [4.69, 9.17) is 26.3 Å². The third-order valence-corrected chi connectivity index (χ3v) is 8.19. The number of amidine groups is 1. The highest BCUT2D eigenvalue weighted by Gasteiger charge is 2.38. The van der Waals surface area contributed by atoms with Gasteiger partial charge < -0.3 is 14.5 Å². The summed E-state index contributed by atoms with van der Waals surface area (Å²) in [6.07, 6.45) is 1.80. The molecule has 1 aliphatic rings. The number of hydrogen-bond donors (Lipinski definition) is 0. The van der Waals surface area contributed by atoms with Crippen molar-refractivity contribution in [3.05, 3.63) is 64.5 Å². The van der Waals surface area contributed by atoms with Crippen LogP contribution in [0.25, 0.3) is 11.3 Å². The van der Waals surface area contributed by atoms with E-state index in [0.717, 1.165) is 0 Å². The number of amides is 2. The van der Waals surface area contributed by atoms with Gasteiger partial charge in [-0.25, -0.2) is 24.1 Å². The maximum Gasteiger partial charge on any atom is 0.410 e. The Bertz CT molecular complexity index is 1620. The monoisotopic (exact) mass is 665 g/mol. The first-order chi connectivity index (χ1) is 22.1. The van der Waals surface area contributed by atoms with Gasteiger partial charge in [-0.15, -0.1) is 0 Å². The van der Waals surface area contributed by atoms with Crippen LogP contribution < -0.4 is 4.90 Å². The molecule has 1 fully saturated rings. The summed E-state index contributed by atoms with van der Waals surface area (Å²) in [5.41, 5.74) is 2.03. The lowest BCUT2D eigenvalue weighted by atomic mass is 9.99. The predicted molar refractivity (Wildman–Crippen MR) is 184 cm³/mol. The van der Waals surface area contributed by atoms with Crippen molar-refractivity contribution in [2.75, 3.05) is 25.0 Å². The normalized spacial score (nSPS) is 17.4. The van der Waals surface area contributed by atoms with E-state index in [0.29, 0.717) is 48.0 Å². The molecule has 1 unspecified atom stereocenters. The molecule has 1 aromatic carbocycles. The van der Waals surface area contributed by atoms with Gasteiger partial charge in [0, 0.05) is 37.8 Å². The molecule has 12 heteroatoms. The van der Waals surface area contributed by atoms with E-state index in [1.165, 1.54) is 17.3 Å². The Morgan fingerprint density at radius 3 is 2.15 bits per heavy atom. The zero-order chi connectivity index (χ0) is 34.8. The molecule has 1 saturated heterocycles. The zero-order valence-electron chi connectivity index (χ0n) is 28.9. The van der Waals surface area contributed by atoms with Crippen molar-refractivity contribution >= 4 is 41.4 Å². The van der Waals surface area contributed by atoms with Crippen LogP contribution >= 0.6 is 11.6 Å². The van der Waals surface area contributed by atoms with Gasteiger partial charge in [0.15, 0.2) is 5.82 Å². The number of aromatic nitrogens is 3. The molecule has 3 aromatic rings. The SMILES string of the molecule is CN=C(c1cc(Cl)c(-c2ccccc2F)nc1N(C=O)c1c(C(C)C)ncnc1C(C)C)N1C(C)CN(C(=O)OC(C)(C)C)C[C@@H]1C. The molecule has 2 amide bonds. The Kier molecular flexibility index (Phi) is 10.9. The lowest BCUT2D eigenvalue weighted by Gasteiger charge is -2.46. The quantitative estimate of drug-likeness (QED) is 0.146. The molecule has 1 aliphatic heterocycles. The molecule has 2 atom stereocenters. The Morgan fingerprint density at radius 1 is 1.09 bits per heavy atom. The molecule has 0 spiro atoms. The Morgan fingerprint density at radius 2 is 1.66 bits per heavy atom. The lowest BCUT2D eigenvalue weighted by Crippen LogP contribution is -2.60. The fraction of sp³-hybridized carbons (Fsp3) is 0.486. The molecule has 3 heterocycles. The maximum absolute atomic E-state index is 15.2. The number of ether oxygens (including phenoxy) is 1. The van der Waals surface area contributed by atoms with Gasteiger partial charge in [-0.1, -0.05) is 51.4 Å². The number of anilines is 2. The van der Waals surface area contributed by atoms with Gasteiger partial charge in [0.2, 0.25) is 6.41 Å². The molecule has 10 nitrogen and oxygen atoms in total. The topological polar surface area (TPSA) is 104 Å². The Balaban J connectivity index is 1.95. The first-order valence-electron chi connectivity index (χ1n) is 15.9. The first-order valence-corrected chi connectivity index (χ1v) is 16.2. The van der Waals surface area contributed by atoms with Crippen LogP contribution in [0.3, 0.4) is 0 Å². The van der Waals surface area contributed by atoms with Gasteiger partial charge in [0.1, 0.15) is 23.6 Å². The van der Waals surface area contributed by atoms with E-state index in [-0.39, 0.29) is 52.1 Å². The standard InChI is InChI=1S/C35H45ClFN7O3/c1-20(2)28-31(29(21(3)4)40-18-39-28)43(19-45)33-25(15-26(36)30(41-33)24-13-11-12-14-27(24)37)32(38-10)44-22(5)16-42(17-23(44)6)34(46)47-35(7,8)9/h11-15,18-23H,16-17H2,1-10H3/t22-,23?/m0/s1. The second kappa shape index (κ2) is 14.3. The molecule has 2 aromatic heterocycles. The van der Waals surface area contributed by atoms with Crippen molar-refractivity contribution in [3.63, 3.8) is 0 Å². The van der Waals surface area contributed by atoms with Gasteiger partial charge in [-0.2, -0.15) is 0 Å². The van der Waals surface area contributed by atoms with Crippen LogP contribution in [0.15, 0.2) is 41.7 Å². The van der Waals surface area contributed by atoms with Crippen molar-refractivity contribution < 1.29 is 18.7 Å². The molecule has 252 valence electrons. The summed E-state index contributed by atoms with van der Waals surface area (Å²) >= 11 is 6.90.